The molecule has 2 aromatic rings. The highest BCUT2D eigenvalue weighted by molar-refractivity contribution is 6.30. The van der Waals surface area contributed by atoms with Gasteiger partial charge in [-0.05, 0) is 55.9 Å². The lowest BCUT2D eigenvalue weighted by molar-refractivity contribution is -0.137. The van der Waals surface area contributed by atoms with Crippen LogP contribution < -0.4 is 10.1 Å². The van der Waals surface area contributed by atoms with E-state index in [4.69, 9.17) is 16.3 Å². The number of alkyl halides is 3. The molecule has 1 amide bonds. The Kier molecular flexibility index (Phi) is 7.00. The summed E-state index contributed by atoms with van der Waals surface area (Å²) in [5, 5.41) is 3.70. The van der Waals surface area contributed by atoms with Gasteiger partial charge in [-0.3, -0.25) is 4.79 Å². The van der Waals surface area contributed by atoms with Crippen molar-refractivity contribution in [1.29, 1.82) is 0 Å². The zero-order chi connectivity index (χ0) is 20.9. The van der Waals surface area contributed by atoms with Crippen LogP contribution in [0.15, 0.2) is 42.6 Å². The van der Waals surface area contributed by atoms with Crippen LogP contribution in [-0.4, -0.2) is 23.0 Å². The maximum atomic E-state index is 12.6. The first-order chi connectivity index (χ1) is 13.8. The molecule has 1 saturated carbocycles. The molecule has 3 rings (SSSR count). The molecule has 1 aromatic carbocycles. The van der Waals surface area contributed by atoms with Gasteiger partial charge in [-0.25, -0.2) is 4.98 Å². The second-order valence-corrected chi connectivity index (χ2v) is 7.61. The maximum Gasteiger partial charge on any atom is 0.417 e. The van der Waals surface area contributed by atoms with Crippen molar-refractivity contribution >= 4 is 17.5 Å². The van der Waals surface area contributed by atoms with E-state index in [1.54, 1.807) is 6.07 Å². The van der Waals surface area contributed by atoms with Gasteiger partial charge in [0.25, 0.3) is 0 Å². The van der Waals surface area contributed by atoms with Crippen molar-refractivity contribution < 1.29 is 22.7 Å². The summed E-state index contributed by atoms with van der Waals surface area (Å²) in [7, 11) is 0. The Morgan fingerprint density at radius 3 is 2.55 bits per heavy atom. The molecule has 1 N–H and O–H groups in total. The van der Waals surface area contributed by atoms with Gasteiger partial charge in [0.1, 0.15) is 6.10 Å². The standard InChI is InChI=1S/C21H22ClF3N2O2/c22-16-3-1-2-14(12-16)4-10-19(28)27-17-6-8-18(9-7-17)29-20-11-5-15(13-26-20)21(23,24)25/h1-3,5,11-13,17-18H,4,6-10H2,(H,27,28). The third kappa shape index (κ3) is 6.63. The molecule has 1 aliphatic rings. The highest BCUT2D eigenvalue weighted by atomic mass is 35.5. The van der Waals surface area contributed by atoms with Crippen LogP contribution in [0.4, 0.5) is 13.2 Å². The number of carbonyl (C=O) groups excluding carboxylic acids is 1. The first-order valence-electron chi connectivity index (χ1n) is 9.53. The minimum atomic E-state index is -4.41. The van der Waals surface area contributed by atoms with E-state index in [1.807, 2.05) is 18.2 Å². The van der Waals surface area contributed by atoms with Crippen LogP contribution in [0.5, 0.6) is 5.88 Å². The SMILES string of the molecule is O=C(CCc1cccc(Cl)c1)NC1CCC(Oc2ccc(C(F)(F)F)cn2)CC1. The number of nitrogens with zero attached hydrogens (tertiary/aromatic N) is 1. The molecule has 1 aromatic heterocycles. The first kappa shape index (κ1) is 21.4. The Labute approximate surface area is 172 Å². The van der Waals surface area contributed by atoms with Crippen LogP contribution in [0.25, 0.3) is 0 Å². The van der Waals surface area contributed by atoms with E-state index in [2.05, 4.69) is 10.3 Å². The number of ether oxygens (including phenoxy) is 1. The van der Waals surface area contributed by atoms with Gasteiger partial charge < -0.3 is 10.1 Å². The second-order valence-electron chi connectivity index (χ2n) is 7.17. The summed E-state index contributed by atoms with van der Waals surface area (Å²) in [5.74, 6) is 0.186. The van der Waals surface area contributed by atoms with Gasteiger partial charge in [-0.2, -0.15) is 13.2 Å². The summed E-state index contributed by atoms with van der Waals surface area (Å²) in [6.07, 6.45) is 0.220. The molecule has 8 heteroatoms. The number of halogens is 4. The average molecular weight is 427 g/mol. The van der Waals surface area contributed by atoms with Gasteiger partial charge in [-0.15, -0.1) is 0 Å². The van der Waals surface area contributed by atoms with E-state index in [0.29, 0.717) is 30.7 Å². The first-order valence-corrected chi connectivity index (χ1v) is 9.91. The van der Waals surface area contributed by atoms with Gasteiger partial charge >= 0.3 is 6.18 Å². The topological polar surface area (TPSA) is 51.2 Å². The number of hydrogen-bond acceptors (Lipinski definition) is 3. The predicted molar refractivity (Wildman–Crippen MR) is 104 cm³/mol. The van der Waals surface area contributed by atoms with Crippen LogP contribution in [0.3, 0.4) is 0 Å². The molecule has 1 aliphatic carbocycles. The zero-order valence-corrected chi connectivity index (χ0v) is 16.5. The summed E-state index contributed by atoms with van der Waals surface area (Å²) >= 11 is 5.95. The molecule has 0 unspecified atom stereocenters. The van der Waals surface area contributed by atoms with Crippen LogP contribution in [-0.2, 0) is 17.4 Å². The highest BCUT2D eigenvalue weighted by Gasteiger charge is 2.31. The van der Waals surface area contributed by atoms with Crippen molar-refractivity contribution in [2.24, 2.45) is 0 Å². The van der Waals surface area contributed by atoms with E-state index in [1.165, 1.54) is 6.07 Å². The molecular weight excluding hydrogens is 405 g/mol. The van der Waals surface area contributed by atoms with E-state index in [9.17, 15) is 18.0 Å². The molecule has 1 fully saturated rings. The lowest BCUT2D eigenvalue weighted by Crippen LogP contribution is -2.39. The summed E-state index contributed by atoms with van der Waals surface area (Å²) in [5.41, 5.74) is 0.225. The number of aryl methyl sites for hydroxylation is 1. The molecule has 156 valence electrons. The van der Waals surface area contributed by atoms with Crippen molar-refractivity contribution in [3.05, 3.63) is 58.7 Å². The number of benzene rings is 1. The van der Waals surface area contributed by atoms with Crippen molar-refractivity contribution in [2.45, 2.75) is 56.8 Å². The van der Waals surface area contributed by atoms with E-state index < -0.39 is 11.7 Å². The quantitative estimate of drug-likeness (QED) is 0.691. The molecule has 0 atom stereocenters. The van der Waals surface area contributed by atoms with Crippen molar-refractivity contribution in [3.8, 4) is 5.88 Å². The lowest BCUT2D eigenvalue weighted by atomic mass is 9.92. The van der Waals surface area contributed by atoms with Gasteiger partial charge in [0.15, 0.2) is 0 Å². The van der Waals surface area contributed by atoms with Crippen molar-refractivity contribution in [3.63, 3.8) is 0 Å². The van der Waals surface area contributed by atoms with Crippen LogP contribution in [0.1, 0.15) is 43.2 Å². The minimum absolute atomic E-state index is 0.00116. The van der Waals surface area contributed by atoms with E-state index >= 15 is 0 Å². The van der Waals surface area contributed by atoms with Gasteiger partial charge in [-0.1, -0.05) is 23.7 Å². The van der Waals surface area contributed by atoms with Crippen molar-refractivity contribution in [1.82, 2.24) is 10.3 Å². The number of carbonyl (C=O) groups is 1. The number of rotatable bonds is 6. The third-order valence-corrected chi connectivity index (χ3v) is 5.16. The molecule has 1 heterocycles. The number of pyridine rings is 1. The van der Waals surface area contributed by atoms with Gasteiger partial charge in [0.2, 0.25) is 11.8 Å². The molecule has 0 bridgehead atoms. The Morgan fingerprint density at radius 2 is 1.93 bits per heavy atom. The normalized spacial score (nSPS) is 19.6. The minimum Gasteiger partial charge on any atom is -0.474 e. The molecule has 0 spiro atoms. The molecule has 29 heavy (non-hydrogen) atoms. The van der Waals surface area contributed by atoms with Crippen LogP contribution >= 0.6 is 11.6 Å². The van der Waals surface area contributed by atoms with Gasteiger partial charge in [0, 0.05) is 29.7 Å². The Bertz CT molecular complexity index is 819. The van der Waals surface area contributed by atoms with Crippen LogP contribution in [0, 0.1) is 0 Å². The number of aromatic nitrogens is 1. The Hall–Kier alpha value is -2.28. The summed E-state index contributed by atoms with van der Waals surface area (Å²) in [6, 6.07) is 9.75. The van der Waals surface area contributed by atoms with E-state index in [0.717, 1.165) is 30.7 Å². The molecule has 0 saturated heterocycles. The zero-order valence-electron chi connectivity index (χ0n) is 15.7. The third-order valence-electron chi connectivity index (χ3n) is 4.92. The smallest absolute Gasteiger partial charge is 0.417 e. The Balaban J connectivity index is 1.39. The molecular formula is C21H22ClF3N2O2. The van der Waals surface area contributed by atoms with Gasteiger partial charge in [0.05, 0.1) is 5.56 Å². The Morgan fingerprint density at radius 1 is 1.17 bits per heavy atom. The molecule has 0 aliphatic heterocycles. The second kappa shape index (κ2) is 9.48. The fourth-order valence-corrected chi connectivity index (χ4v) is 3.58. The lowest BCUT2D eigenvalue weighted by Gasteiger charge is -2.29. The highest BCUT2D eigenvalue weighted by Crippen LogP contribution is 2.30. The maximum absolute atomic E-state index is 12.6. The average Bonchev–Trinajstić information content (AvgIpc) is 2.68. The number of hydrogen-bond donors (Lipinski definition) is 1. The van der Waals surface area contributed by atoms with E-state index in [-0.39, 0.29) is 23.9 Å². The number of nitrogens with one attached hydrogen (secondary N) is 1. The fourth-order valence-electron chi connectivity index (χ4n) is 3.36. The summed E-state index contributed by atoms with van der Waals surface area (Å²) in [6.45, 7) is 0. The monoisotopic (exact) mass is 426 g/mol. The van der Waals surface area contributed by atoms with Crippen molar-refractivity contribution in [2.75, 3.05) is 0 Å². The largest absolute Gasteiger partial charge is 0.474 e. The predicted octanol–water partition coefficient (Wildman–Crippen LogP) is 5.19. The molecule has 4 nitrogen and oxygen atoms in total. The number of amides is 1. The fraction of sp³-hybridized carbons (Fsp3) is 0.429. The summed E-state index contributed by atoms with van der Waals surface area (Å²) < 4.78 is 43.4. The molecule has 0 radical (unpaired) electrons. The van der Waals surface area contributed by atoms with Crippen LogP contribution in [0.2, 0.25) is 5.02 Å². The summed E-state index contributed by atoms with van der Waals surface area (Å²) in [4.78, 5) is 15.9.